The Morgan fingerprint density at radius 1 is 0.566 bits per heavy atom. The normalized spacial score (nSPS) is 15.7. The van der Waals surface area contributed by atoms with Crippen LogP contribution < -0.4 is 56.1 Å². The Hall–Kier alpha value is -8.12. The van der Waals surface area contributed by atoms with Crippen molar-refractivity contribution in [1.29, 1.82) is 0 Å². The smallest absolute Gasteiger partial charge is 0.248 e. The molecule has 0 aromatic heterocycles. The highest BCUT2D eigenvalue weighted by Gasteiger charge is 2.34. The Bertz CT molecular complexity index is 2800. The lowest BCUT2D eigenvalue weighted by molar-refractivity contribution is -0.139. The van der Waals surface area contributed by atoms with Crippen LogP contribution in [0.4, 0.5) is 0 Å². The van der Waals surface area contributed by atoms with Crippen molar-refractivity contribution in [3.8, 4) is 11.5 Å². The summed E-state index contributed by atoms with van der Waals surface area (Å²) in [5, 5.41) is 28.7. The topological polar surface area (TPSA) is 400 Å². The maximum Gasteiger partial charge on any atom is 0.248 e. The van der Waals surface area contributed by atoms with E-state index in [4.69, 9.17) is 40.1 Å². The number of aromatic hydroxyl groups is 2. The number of phenolic OH excluding ortho intramolecular Hbond substituents is 2. The maximum atomic E-state index is 15.4. The zero-order valence-corrected chi connectivity index (χ0v) is 47.8. The molecular weight excluding hydrogens is 1060 g/mol. The summed E-state index contributed by atoms with van der Waals surface area (Å²) in [4.78, 5) is 109. The largest absolute Gasteiger partial charge is 0.508 e. The number of carbonyl (C=O) groups is 7. The lowest BCUT2D eigenvalue weighted by atomic mass is 9.96. The first kappa shape index (κ1) is 65.7. The van der Waals surface area contributed by atoms with Crippen molar-refractivity contribution < 1.29 is 43.8 Å². The third-order valence-electron chi connectivity index (χ3n) is 14.7. The molecule has 0 saturated carbocycles. The molecule has 0 spiro atoms. The molecule has 5 rings (SSSR count). The molecule has 0 aliphatic carbocycles. The number of fused-ring (bicyclic) bond motifs is 2. The number of primary amides is 1. The Labute approximate surface area is 486 Å². The summed E-state index contributed by atoms with van der Waals surface area (Å²) in [6.45, 7) is 4.36. The van der Waals surface area contributed by atoms with Crippen molar-refractivity contribution in [1.82, 2.24) is 30.7 Å². The van der Waals surface area contributed by atoms with E-state index >= 15 is 14.4 Å². The molecule has 1 aliphatic rings. The number of benzene rings is 4. The van der Waals surface area contributed by atoms with Crippen molar-refractivity contribution in [2.24, 2.45) is 51.0 Å². The van der Waals surface area contributed by atoms with Crippen molar-refractivity contribution in [2.75, 3.05) is 39.3 Å². The first-order chi connectivity index (χ1) is 39.6. The Morgan fingerprint density at radius 3 is 1.51 bits per heavy atom. The standard InChI is InChI=1S/C60H86N14O9/c1-3-38(2)52(71-55(79)48(63)15-9-25-68-60(66)67)59(83)72-26-10-28-73(57(81)50(34-39-12-5-4-6-13-39)69-54(78)47(62)14-7-8-24-61)36-42-30-43(32-44(31-42)53(65)77)37-74(29-11-27-72)58(82)51(35-41-18-22-46(76)23-19-41)70-56(80)49(64)33-40-16-20-45(75)21-17-40/h4-6,12-13,16-23,30-32,38,47-52,75-76H,3,7-11,14-15,24-29,33-37,61-64H2,1-2H3,(H2,65,77)(H,69,78)(H,70,80)(H,71,79)(H4,66,67,68)/t38-,47-,48-,49-,50-,51-,52-/m0/s1. The third kappa shape index (κ3) is 21.3. The zero-order chi connectivity index (χ0) is 60.6. The van der Waals surface area contributed by atoms with E-state index in [2.05, 4.69) is 20.9 Å². The van der Waals surface area contributed by atoms with Gasteiger partial charge in [0, 0.05) is 64.2 Å². The van der Waals surface area contributed by atoms with Gasteiger partial charge in [0.1, 0.15) is 29.6 Å². The fourth-order valence-corrected chi connectivity index (χ4v) is 9.82. The Balaban J connectivity index is 1.59. The molecule has 23 heteroatoms. The minimum Gasteiger partial charge on any atom is -0.508 e. The summed E-state index contributed by atoms with van der Waals surface area (Å²) >= 11 is 0. The molecule has 7 atom stereocenters. The third-order valence-corrected chi connectivity index (χ3v) is 14.7. The molecule has 7 amide bonds. The summed E-state index contributed by atoms with van der Waals surface area (Å²) in [6, 6.07) is 20.0. The van der Waals surface area contributed by atoms with E-state index < -0.39 is 77.6 Å². The summed E-state index contributed by atoms with van der Waals surface area (Å²) < 4.78 is 0. The van der Waals surface area contributed by atoms with E-state index in [0.29, 0.717) is 60.9 Å². The molecule has 4 aromatic rings. The predicted molar refractivity (Wildman–Crippen MR) is 317 cm³/mol. The highest BCUT2D eigenvalue weighted by Crippen LogP contribution is 2.22. The molecule has 0 unspecified atom stereocenters. The number of nitrogens with two attached hydrogens (primary N) is 7. The number of unbranched alkanes of at least 4 members (excludes halogenated alkanes) is 1. The minimum absolute atomic E-state index is 0.0110. The van der Waals surface area contributed by atoms with Crippen LogP contribution in [0.1, 0.15) is 103 Å². The van der Waals surface area contributed by atoms with Crippen molar-refractivity contribution >= 4 is 47.3 Å². The molecule has 83 heavy (non-hydrogen) atoms. The Morgan fingerprint density at radius 2 is 1.02 bits per heavy atom. The first-order valence-electron chi connectivity index (χ1n) is 28.5. The van der Waals surface area contributed by atoms with Crippen molar-refractivity contribution in [3.63, 3.8) is 0 Å². The van der Waals surface area contributed by atoms with Gasteiger partial charge in [-0.05, 0) is 122 Å². The van der Waals surface area contributed by atoms with Crippen LogP contribution in [-0.4, -0.2) is 148 Å². The van der Waals surface area contributed by atoms with E-state index in [0.717, 1.165) is 5.56 Å². The number of nitrogens with zero attached hydrogens (tertiary/aromatic N) is 4. The molecule has 23 nitrogen and oxygen atoms in total. The quantitative estimate of drug-likeness (QED) is 0.0236. The summed E-state index contributed by atoms with van der Waals surface area (Å²) in [7, 11) is 0. The predicted octanol–water partition coefficient (Wildman–Crippen LogP) is 0.869. The van der Waals surface area contributed by atoms with Crippen LogP contribution in [-0.2, 0) is 61.1 Å². The van der Waals surface area contributed by atoms with Crippen LogP contribution in [0.15, 0.2) is 102 Å². The molecule has 4 aromatic carbocycles. The van der Waals surface area contributed by atoms with Crippen LogP contribution in [0.3, 0.4) is 0 Å². The zero-order valence-electron chi connectivity index (χ0n) is 47.8. The van der Waals surface area contributed by atoms with Gasteiger partial charge in [0.05, 0.1) is 18.1 Å². The van der Waals surface area contributed by atoms with Gasteiger partial charge >= 0.3 is 0 Å². The van der Waals surface area contributed by atoms with Gasteiger partial charge in [-0.15, -0.1) is 0 Å². The van der Waals surface area contributed by atoms with Crippen LogP contribution in [0, 0.1) is 5.92 Å². The molecule has 1 heterocycles. The number of rotatable bonds is 26. The molecule has 0 radical (unpaired) electrons. The van der Waals surface area contributed by atoms with E-state index in [1.54, 1.807) is 52.3 Å². The second-order valence-corrected chi connectivity index (χ2v) is 21.4. The molecule has 450 valence electrons. The van der Waals surface area contributed by atoms with Gasteiger partial charge in [-0.2, -0.15) is 0 Å². The molecule has 0 saturated heterocycles. The number of carbonyl (C=O) groups excluding carboxylic acids is 7. The van der Waals surface area contributed by atoms with E-state index in [9.17, 15) is 29.4 Å². The lowest BCUT2D eigenvalue weighted by Crippen LogP contribution is -2.56. The highest BCUT2D eigenvalue weighted by molar-refractivity contribution is 5.94. The average Bonchev–Trinajstić information content (AvgIpc) is 3.52. The van der Waals surface area contributed by atoms with Gasteiger partial charge in [0.15, 0.2) is 5.96 Å². The fourth-order valence-electron chi connectivity index (χ4n) is 9.82. The highest BCUT2D eigenvalue weighted by atomic mass is 16.3. The van der Waals surface area contributed by atoms with E-state index in [1.165, 1.54) is 29.2 Å². The number of amides is 7. The van der Waals surface area contributed by atoms with Crippen LogP contribution in [0.25, 0.3) is 0 Å². The second-order valence-electron chi connectivity index (χ2n) is 21.4. The van der Waals surface area contributed by atoms with Gasteiger partial charge in [-0.25, -0.2) is 0 Å². The summed E-state index contributed by atoms with van der Waals surface area (Å²) in [5.41, 5.74) is 44.9. The monoisotopic (exact) mass is 1150 g/mol. The van der Waals surface area contributed by atoms with E-state index in [-0.39, 0.29) is 113 Å². The van der Waals surface area contributed by atoms with E-state index in [1.807, 2.05) is 44.2 Å². The maximum absolute atomic E-state index is 15.4. The fraction of sp³-hybridized carbons (Fsp3) is 0.467. The number of hydrogen-bond donors (Lipinski definition) is 12. The Kier molecular flexibility index (Phi) is 26.2. The number of nitrogens with one attached hydrogen (secondary N) is 3. The number of guanidine groups is 1. The average molecular weight is 1150 g/mol. The number of aliphatic imine (C=N–C) groups is 1. The second kappa shape index (κ2) is 33.1. The number of hydrogen-bond acceptors (Lipinski definition) is 14. The first-order valence-corrected chi connectivity index (χ1v) is 28.5. The van der Waals surface area contributed by atoms with Gasteiger partial charge < -0.3 is 81.0 Å². The van der Waals surface area contributed by atoms with Gasteiger partial charge in [0.25, 0.3) is 0 Å². The SMILES string of the molecule is CC[C@H](C)[C@H](NC(=O)[C@@H](N)CCCN=C(N)N)C(=O)N1CCCN(C(=O)[C@H](Cc2ccccc2)NC(=O)[C@@H](N)CCCCN)Cc2cc(cc(C(N)=O)c2)CN(C(=O)[C@H](Cc2ccc(O)cc2)NC(=O)[C@@H](N)Cc2ccc(O)cc2)CCC1. The van der Waals surface area contributed by atoms with Crippen molar-refractivity contribution in [3.05, 3.63) is 130 Å². The molecule has 19 N–H and O–H groups in total. The lowest BCUT2D eigenvalue weighted by Gasteiger charge is -2.34. The van der Waals surface area contributed by atoms with Crippen LogP contribution >= 0.6 is 0 Å². The molecular formula is C60H86N14O9. The van der Waals surface area contributed by atoms with Crippen LogP contribution in [0.2, 0.25) is 0 Å². The minimum atomic E-state index is -1.24. The van der Waals surface area contributed by atoms with Gasteiger partial charge in [0.2, 0.25) is 41.4 Å². The molecule has 2 bridgehead atoms. The van der Waals surface area contributed by atoms with Gasteiger partial charge in [-0.1, -0.05) is 87.4 Å². The molecule has 0 fully saturated rings. The van der Waals surface area contributed by atoms with Crippen LogP contribution in [0.5, 0.6) is 11.5 Å². The summed E-state index contributed by atoms with van der Waals surface area (Å²) in [6.07, 6.45) is 3.25. The van der Waals surface area contributed by atoms with Gasteiger partial charge in [-0.3, -0.25) is 38.6 Å². The van der Waals surface area contributed by atoms with Crippen molar-refractivity contribution in [2.45, 2.75) is 134 Å². The number of phenols is 2. The summed E-state index contributed by atoms with van der Waals surface area (Å²) in [5.74, 6) is -4.36. The molecule has 1 aliphatic heterocycles.